The highest BCUT2D eigenvalue weighted by molar-refractivity contribution is 5.97. The van der Waals surface area contributed by atoms with Crippen molar-refractivity contribution in [2.75, 3.05) is 26.8 Å². The molecular weight excluding hydrogens is 356 g/mol. The predicted octanol–water partition coefficient (Wildman–Crippen LogP) is 2.40. The van der Waals surface area contributed by atoms with Gasteiger partial charge in [0.2, 0.25) is 0 Å². The van der Waals surface area contributed by atoms with Crippen molar-refractivity contribution in [1.82, 2.24) is 20.4 Å². The molecule has 1 fully saturated rings. The molecule has 0 saturated carbocycles. The Bertz CT molecular complexity index is 797. The molecule has 2 N–H and O–H groups in total. The van der Waals surface area contributed by atoms with E-state index in [4.69, 9.17) is 4.74 Å². The Hall–Kier alpha value is -2.67. The van der Waals surface area contributed by atoms with E-state index >= 15 is 0 Å². The fourth-order valence-corrected chi connectivity index (χ4v) is 3.49. The van der Waals surface area contributed by atoms with Gasteiger partial charge in [0.25, 0.3) is 11.8 Å². The highest BCUT2D eigenvalue weighted by Crippen LogP contribution is 2.20. The van der Waals surface area contributed by atoms with Gasteiger partial charge in [-0.3, -0.25) is 14.3 Å². The van der Waals surface area contributed by atoms with Crippen LogP contribution >= 0.6 is 0 Å². The molecular formula is C21H28N4O3. The number of hydrogen-bond acceptors (Lipinski definition) is 4. The molecule has 2 heterocycles. The Kier molecular flexibility index (Phi) is 6.81. The highest BCUT2D eigenvalue weighted by Gasteiger charge is 2.23. The smallest absolute Gasteiger partial charge is 0.271 e. The summed E-state index contributed by atoms with van der Waals surface area (Å²) in [4.78, 5) is 24.9. The lowest BCUT2D eigenvalue weighted by Crippen LogP contribution is -2.30. The first-order valence-electron chi connectivity index (χ1n) is 9.82. The van der Waals surface area contributed by atoms with E-state index in [-0.39, 0.29) is 23.6 Å². The van der Waals surface area contributed by atoms with Crippen LogP contribution in [-0.4, -0.2) is 48.4 Å². The molecule has 7 nitrogen and oxygen atoms in total. The molecule has 2 unspecified atom stereocenters. The van der Waals surface area contributed by atoms with Crippen LogP contribution < -0.4 is 10.6 Å². The zero-order valence-corrected chi connectivity index (χ0v) is 16.5. The van der Waals surface area contributed by atoms with Gasteiger partial charge in [0.1, 0.15) is 5.69 Å². The van der Waals surface area contributed by atoms with E-state index in [2.05, 4.69) is 15.7 Å². The Morgan fingerprint density at radius 1 is 1.29 bits per heavy atom. The van der Waals surface area contributed by atoms with E-state index in [1.54, 1.807) is 17.8 Å². The fourth-order valence-electron chi connectivity index (χ4n) is 3.49. The Balaban J connectivity index is 1.74. The molecule has 1 aliphatic heterocycles. The lowest BCUT2D eigenvalue weighted by atomic mass is 9.99. The van der Waals surface area contributed by atoms with Crippen molar-refractivity contribution in [2.45, 2.75) is 32.2 Å². The molecule has 150 valence electrons. The van der Waals surface area contributed by atoms with Crippen molar-refractivity contribution < 1.29 is 14.3 Å². The van der Waals surface area contributed by atoms with E-state index in [9.17, 15) is 9.59 Å². The maximum atomic E-state index is 12.8. The van der Waals surface area contributed by atoms with E-state index in [0.717, 1.165) is 38.0 Å². The van der Waals surface area contributed by atoms with Crippen LogP contribution in [0.5, 0.6) is 0 Å². The van der Waals surface area contributed by atoms with Gasteiger partial charge < -0.3 is 15.4 Å². The molecule has 1 aromatic heterocycles. The first-order chi connectivity index (χ1) is 13.6. The molecule has 2 atom stereocenters. The second kappa shape index (κ2) is 9.50. The van der Waals surface area contributed by atoms with Crippen molar-refractivity contribution in [1.29, 1.82) is 0 Å². The lowest BCUT2D eigenvalue weighted by Gasteiger charge is -2.22. The molecule has 2 aromatic rings. The maximum Gasteiger partial charge on any atom is 0.271 e. The number of hydrogen-bond donors (Lipinski definition) is 2. The first-order valence-corrected chi connectivity index (χ1v) is 9.82. The zero-order valence-electron chi connectivity index (χ0n) is 16.5. The second-order valence-electron chi connectivity index (χ2n) is 7.15. The molecule has 2 amide bonds. The third kappa shape index (κ3) is 4.78. The van der Waals surface area contributed by atoms with E-state index < -0.39 is 0 Å². The molecule has 1 aliphatic rings. The van der Waals surface area contributed by atoms with Gasteiger partial charge in [-0.1, -0.05) is 30.3 Å². The average molecular weight is 384 g/mol. The van der Waals surface area contributed by atoms with Crippen molar-refractivity contribution in [3.63, 3.8) is 0 Å². The third-order valence-electron chi connectivity index (χ3n) is 5.17. The van der Waals surface area contributed by atoms with Crippen molar-refractivity contribution in [3.05, 3.63) is 53.3 Å². The van der Waals surface area contributed by atoms with Crippen LogP contribution in [0.3, 0.4) is 0 Å². The van der Waals surface area contributed by atoms with Gasteiger partial charge in [0.05, 0.1) is 6.04 Å². The first kappa shape index (κ1) is 20.1. The largest absolute Gasteiger partial charge is 0.381 e. The number of benzene rings is 1. The highest BCUT2D eigenvalue weighted by atomic mass is 16.5. The Morgan fingerprint density at radius 2 is 2.07 bits per heavy atom. The quantitative estimate of drug-likeness (QED) is 0.768. The minimum atomic E-state index is -0.313. The van der Waals surface area contributed by atoms with Crippen LogP contribution in [0.1, 0.15) is 58.8 Å². The van der Waals surface area contributed by atoms with Crippen LogP contribution in [0, 0.1) is 5.92 Å². The molecule has 1 aromatic carbocycles. The van der Waals surface area contributed by atoms with Crippen molar-refractivity contribution in [3.8, 4) is 0 Å². The van der Waals surface area contributed by atoms with Gasteiger partial charge >= 0.3 is 0 Å². The number of carbonyl (C=O) groups is 2. The van der Waals surface area contributed by atoms with E-state index in [1.165, 1.54) is 0 Å². The van der Waals surface area contributed by atoms with E-state index in [0.29, 0.717) is 18.2 Å². The van der Waals surface area contributed by atoms with Gasteiger partial charge in [-0.2, -0.15) is 5.10 Å². The van der Waals surface area contributed by atoms with Crippen LogP contribution in [-0.2, 0) is 4.74 Å². The third-order valence-corrected chi connectivity index (χ3v) is 5.17. The summed E-state index contributed by atoms with van der Waals surface area (Å²) >= 11 is 0. The molecule has 0 aliphatic carbocycles. The standard InChI is InChI=1S/C21H28N4O3/c1-15(17-8-4-3-5-9-17)25-19(13-18(24-25)20(26)22-2)21(27)23-11-10-16-7-6-12-28-14-16/h3-5,8-9,13,15-16H,6-7,10-12,14H2,1-2H3,(H,22,26)(H,23,27). The minimum Gasteiger partial charge on any atom is -0.381 e. The van der Waals surface area contributed by atoms with Gasteiger partial charge in [0.15, 0.2) is 5.69 Å². The SMILES string of the molecule is CNC(=O)c1cc(C(=O)NCCC2CCCOC2)n(C(C)c2ccccc2)n1. The maximum absolute atomic E-state index is 12.8. The van der Waals surface area contributed by atoms with Crippen LogP contribution in [0.15, 0.2) is 36.4 Å². The Labute approximate surface area is 165 Å². The predicted molar refractivity (Wildman–Crippen MR) is 106 cm³/mol. The molecule has 3 rings (SSSR count). The van der Waals surface area contributed by atoms with Gasteiger partial charge in [-0.05, 0) is 37.7 Å². The monoisotopic (exact) mass is 384 g/mol. The summed E-state index contributed by atoms with van der Waals surface area (Å²) in [6.45, 7) is 4.14. The molecule has 0 spiro atoms. The summed E-state index contributed by atoms with van der Waals surface area (Å²) in [5.41, 5.74) is 1.63. The minimum absolute atomic E-state index is 0.174. The molecule has 0 radical (unpaired) electrons. The summed E-state index contributed by atoms with van der Waals surface area (Å²) in [5.74, 6) is -0.0433. The fraction of sp³-hybridized carbons (Fsp3) is 0.476. The number of rotatable bonds is 7. The summed E-state index contributed by atoms with van der Waals surface area (Å²) in [5, 5.41) is 9.94. The van der Waals surface area contributed by atoms with Gasteiger partial charge in [-0.15, -0.1) is 0 Å². The zero-order chi connectivity index (χ0) is 19.9. The summed E-state index contributed by atoms with van der Waals surface area (Å²) in [7, 11) is 1.55. The average Bonchev–Trinajstić information content (AvgIpc) is 3.19. The molecule has 28 heavy (non-hydrogen) atoms. The van der Waals surface area contributed by atoms with Crippen molar-refractivity contribution >= 4 is 11.8 Å². The number of nitrogens with one attached hydrogen (secondary N) is 2. The number of aromatic nitrogens is 2. The molecule has 1 saturated heterocycles. The van der Waals surface area contributed by atoms with Crippen LogP contribution in [0.4, 0.5) is 0 Å². The number of amides is 2. The number of ether oxygens (including phenoxy) is 1. The number of carbonyl (C=O) groups excluding carboxylic acids is 2. The van der Waals surface area contributed by atoms with Crippen molar-refractivity contribution in [2.24, 2.45) is 5.92 Å². The normalized spacial score (nSPS) is 17.7. The van der Waals surface area contributed by atoms with Gasteiger partial charge in [-0.25, -0.2) is 0 Å². The summed E-state index contributed by atoms with van der Waals surface area (Å²) in [6.07, 6.45) is 3.10. The molecule has 0 bridgehead atoms. The molecule has 7 heteroatoms. The number of nitrogens with zero attached hydrogens (tertiary/aromatic N) is 2. The topological polar surface area (TPSA) is 85.3 Å². The van der Waals surface area contributed by atoms with Gasteiger partial charge in [0, 0.05) is 32.9 Å². The lowest BCUT2D eigenvalue weighted by molar-refractivity contribution is 0.0514. The Morgan fingerprint density at radius 3 is 2.75 bits per heavy atom. The van der Waals surface area contributed by atoms with E-state index in [1.807, 2.05) is 37.3 Å². The second-order valence-corrected chi connectivity index (χ2v) is 7.15. The summed E-state index contributed by atoms with van der Waals surface area (Å²) < 4.78 is 7.12. The van der Waals surface area contributed by atoms with Crippen LogP contribution in [0.25, 0.3) is 0 Å². The summed E-state index contributed by atoms with van der Waals surface area (Å²) in [6, 6.07) is 11.2. The van der Waals surface area contributed by atoms with Crippen LogP contribution in [0.2, 0.25) is 0 Å².